The number of fused-ring (bicyclic) bond motifs is 1. The maximum absolute atomic E-state index is 12.1. The Morgan fingerprint density at radius 2 is 2.05 bits per heavy atom. The molecule has 2 N–H and O–H groups in total. The van der Waals surface area contributed by atoms with Gasteiger partial charge in [0.2, 0.25) is 5.91 Å². The van der Waals surface area contributed by atoms with Gasteiger partial charge in [-0.25, -0.2) is 0 Å². The third-order valence-corrected chi connectivity index (χ3v) is 3.84. The standard InChI is InChI=1S/C17H20N2O/c20-17(19-16-6-3-9-18-12-16)11-13-7-8-14-4-1-2-5-15(14)10-13/h1-2,4-5,7-8,10,16,18H,3,6,9,11-12H2,(H,19,20)/t16-/m1/s1. The van der Waals surface area contributed by atoms with Crippen molar-refractivity contribution in [2.75, 3.05) is 13.1 Å². The van der Waals surface area contributed by atoms with Crippen LogP contribution < -0.4 is 10.6 Å². The van der Waals surface area contributed by atoms with Crippen molar-refractivity contribution in [3.05, 3.63) is 48.0 Å². The van der Waals surface area contributed by atoms with Crippen LogP contribution in [0.2, 0.25) is 0 Å². The molecule has 1 fully saturated rings. The van der Waals surface area contributed by atoms with Gasteiger partial charge in [0.25, 0.3) is 0 Å². The minimum atomic E-state index is 0.119. The van der Waals surface area contributed by atoms with Crippen LogP contribution in [-0.2, 0) is 11.2 Å². The number of carbonyl (C=O) groups excluding carboxylic acids is 1. The van der Waals surface area contributed by atoms with Gasteiger partial charge < -0.3 is 10.6 Å². The fourth-order valence-corrected chi connectivity index (χ4v) is 2.79. The first-order valence-electron chi connectivity index (χ1n) is 7.29. The average Bonchev–Trinajstić information content (AvgIpc) is 2.48. The highest BCUT2D eigenvalue weighted by molar-refractivity contribution is 5.85. The molecule has 0 unspecified atom stereocenters. The van der Waals surface area contributed by atoms with E-state index < -0.39 is 0 Å². The molecule has 1 aliphatic rings. The second-order valence-electron chi connectivity index (χ2n) is 5.47. The summed E-state index contributed by atoms with van der Waals surface area (Å²) in [4.78, 5) is 12.1. The Balaban J connectivity index is 1.64. The predicted molar refractivity (Wildman–Crippen MR) is 81.7 cm³/mol. The van der Waals surface area contributed by atoms with E-state index in [1.54, 1.807) is 0 Å². The lowest BCUT2D eigenvalue weighted by Crippen LogP contribution is -2.46. The number of hydrogen-bond donors (Lipinski definition) is 2. The van der Waals surface area contributed by atoms with Crippen LogP contribution in [-0.4, -0.2) is 25.0 Å². The Bertz CT molecular complexity index is 603. The lowest BCUT2D eigenvalue weighted by molar-refractivity contribution is -0.121. The summed E-state index contributed by atoms with van der Waals surface area (Å²) in [6.45, 7) is 1.96. The molecule has 3 heteroatoms. The van der Waals surface area contributed by atoms with Crippen molar-refractivity contribution in [1.29, 1.82) is 0 Å². The van der Waals surface area contributed by atoms with Gasteiger partial charge in [0.05, 0.1) is 6.42 Å². The zero-order valence-corrected chi connectivity index (χ0v) is 11.6. The van der Waals surface area contributed by atoms with Crippen molar-refractivity contribution < 1.29 is 4.79 Å². The summed E-state index contributed by atoms with van der Waals surface area (Å²) in [7, 11) is 0. The lowest BCUT2D eigenvalue weighted by atomic mass is 10.0. The van der Waals surface area contributed by atoms with Crippen molar-refractivity contribution in [1.82, 2.24) is 10.6 Å². The van der Waals surface area contributed by atoms with E-state index >= 15 is 0 Å². The molecule has 1 aliphatic heterocycles. The van der Waals surface area contributed by atoms with Crippen LogP contribution in [0, 0.1) is 0 Å². The summed E-state index contributed by atoms with van der Waals surface area (Å²) in [5.41, 5.74) is 1.07. The van der Waals surface area contributed by atoms with Crippen molar-refractivity contribution in [2.45, 2.75) is 25.3 Å². The molecule has 0 radical (unpaired) electrons. The summed E-state index contributed by atoms with van der Waals surface area (Å²) < 4.78 is 0. The maximum atomic E-state index is 12.1. The van der Waals surface area contributed by atoms with Crippen molar-refractivity contribution >= 4 is 16.7 Å². The summed E-state index contributed by atoms with van der Waals surface area (Å²) in [6, 6.07) is 14.8. The van der Waals surface area contributed by atoms with E-state index in [9.17, 15) is 4.79 Å². The fourth-order valence-electron chi connectivity index (χ4n) is 2.79. The van der Waals surface area contributed by atoms with E-state index in [2.05, 4.69) is 34.9 Å². The first kappa shape index (κ1) is 13.1. The molecule has 1 heterocycles. The SMILES string of the molecule is O=C(Cc1ccc2ccccc2c1)N[C@@H]1CCCNC1. The Morgan fingerprint density at radius 1 is 1.20 bits per heavy atom. The summed E-state index contributed by atoms with van der Waals surface area (Å²) in [5.74, 6) is 0.119. The molecule has 2 aromatic rings. The largest absolute Gasteiger partial charge is 0.352 e. The first-order valence-corrected chi connectivity index (χ1v) is 7.29. The van der Waals surface area contributed by atoms with Crippen LogP contribution in [0.4, 0.5) is 0 Å². The molecule has 1 amide bonds. The van der Waals surface area contributed by atoms with Gasteiger partial charge in [0.15, 0.2) is 0 Å². The van der Waals surface area contributed by atoms with E-state index in [0.29, 0.717) is 6.42 Å². The molecule has 0 spiro atoms. The molecule has 20 heavy (non-hydrogen) atoms. The van der Waals surface area contributed by atoms with E-state index in [-0.39, 0.29) is 11.9 Å². The van der Waals surface area contributed by atoms with Crippen molar-refractivity contribution in [2.24, 2.45) is 0 Å². The van der Waals surface area contributed by atoms with Crippen LogP contribution in [0.1, 0.15) is 18.4 Å². The molecule has 1 atom stereocenters. The second kappa shape index (κ2) is 6.06. The van der Waals surface area contributed by atoms with Crippen LogP contribution in [0.15, 0.2) is 42.5 Å². The lowest BCUT2D eigenvalue weighted by Gasteiger charge is -2.23. The van der Waals surface area contributed by atoms with Gasteiger partial charge >= 0.3 is 0 Å². The normalized spacial score (nSPS) is 18.9. The highest BCUT2D eigenvalue weighted by atomic mass is 16.1. The molecule has 3 nitrogen and oxygen atoms in total. The first-order chi connectivity index (χ1) is 9.81. The molecule has 2 aromatic carbocycles. The molecule has 3 rings (SSSR count). The van der Waals surface area contributed by atoms with Gasteiger partial charge in [0, 0.05) is 12.6 Å². The Hall–Kier alpha value is -1.87. The van der Waals surface area contributed by atoms with Crippen molar-refractivity contribution in [3.8, 4) is 0 Å². The van der Waals surface area contributed by atoms with E-state index in [4.69, 9.17) is 0 Å². The molecular formula is C17H20N2O. The monoisotopic (exact) mass is 268 g/mol. The smallest absolute Gasteiger partial charge is 0.224 e. The number of carbonyl (C=O) groups is 1. The maximum Gasteiger partial charge on any atom is 0.224 e. The third kappa shape index (κ3) is 3.17. The van der Waals surface area contributed by atoms with Gasteiger partial charge in [-0.3, -0.25) is 4.79 Å². The van der Waals surface area contributed by atoms with Gasteiger partial charge in [-0.1, -0.05) is 42.5 Å². The quantitative estimate of drug-likeness (QED) is 0.896. The van der Waals surface area contributed by atoms with Gasteiger partial charge in [0.1, 0.15) is 0 Å². The number of nitrogens with one attached hydrogen (secondary N) is 2. The minimum absolute atomic E-state index is 0.119. The highest BCUT2D eigenvalue weighted by Gasteiger charge is 2.15. The molecular weight excluding hydrogens is 248 g/mol. The molecule has 0 bridgehead atoms. The van der Waals surface area contributed by atoms with Crippen LogP contribution in [0.3, 0.4) is 0 Å². The summed E-state index contributed by atoms with van der Waals surface area (Å²) in [5, 5.41) is 8.84. The van der Waals surface area contributed by atoms with Crippen LogP contribution in [0.5, 0.6) is 0 Å². The summed E-state index contributed by atoms with van der Waals surface area (Å²) >= 11 is 0. The molecule has 104 valence electrons. The third-order valence-electron chi connectivity index (χ3n) is 3.84. The van der Waals surface area contributed by atoms with E-state index in [1.165, 1.54) is 10.8 Å². The summed E-state index contributed by atoms with van der Waals surface area (Å²) in [6.07, 6.45) is 2.68. The number of amides is 1. The van der Waals surface area contributed by atoms with E-state index in [1.807, 2.05) is 18.2 Å². The Labute approximate surface area is 119 Å². The fraction of sp³-hybridized carbons (Fsp3) is 0.353. The highest BCUT2D eigenvalue weighted by Crippen LogP contribution is 2.16. The van der Waals surface area contributed by atoms with Crippen LogP contribution in [0.25, 0.3) is 10.8 Å². The zero-order chi connectivity index (χ0) is 13.8. The van der Waals surface area contributed by atoms with Crippen molar-refractivity contribution in [3.63, 3.8) is 0 Å². The molecule has 0 saturated carbocycles. The zero-order valence-electron chi connectivity index (χ0n) is 11.6. The van der Waals surface area contributed by atoms with Crippen LogP contribution >= 0.6 is 0 Å². The topological polar surface area (TPSA) is 41.1 Å². The molecule has 0 aromatic heterocycles. The number of benzene rings is 2. The van der Waals surface area contributed by atoms with Gasteiger partial charge in [-0.05, 0) is 35.7 Å². The van der Waals surface area contributed by atoms with E-state index in [0.717, 1.165) is 31.5 Å². The predicted octanol–water partition coefficient (Wildman–Crippen LogP) is 2.25. The molecule has 1 saturated heterocycles. The number of rotatable bonds is 3. The minimum Gasteiger partial charge on any atom is -0.352 e. The average molecular weight is 268 g/mol. The molecule has 0 aliphatic carbocycles. The van der Waals surface area contributed by atoms with Gasteiger partial charge in [-0.2, -0.15) is 0 Å². The van der Waals surface area contributed by atoms with Gasteiger partial charge in [-0.15, -0.1) is 0 Å². The number of hydrogen-bond acceptors (Lipinski definition) is 2. The number of piperidine rings is 1. The Morgan fingerprint density at radius 3 is 2.85 bits per heavy atom. The second-order valence-corrected chi connectivity index (χ2v) is 5.47. The Kier molecular flexibility index (Phi) is 3.97.